The fraction of sp³-hybridized carbons (Fsp3) is 0.172. The second-order valence-electron chi connectivity index (χ2n) is 8.90. The van der Waals surface area contributed by atoms with Crippen molar-refractivity contribution < 1.29 is 14.4 Å². The minimum Gasteiger partial charge on any atom is -0.352 e. The standard InChI is InChI=1S/C29H26N4O3/c1-20-7-12-25-26(17-20)29(36)33(28(25)35)16-13-27(34)30-18-23-5-2-3-6-24(23)22-10-8-21(9-11-22)19-32-15-4-14-31-32/h2-12,14-15,17H,13,16,18-19H2,1H3,(H,30,34). The molecule has 180 valence electrons. The van der Waals surface area contributed by atoms with Crippen LogP contribution in [0, 0.1) is 6.92 Å². The summed E-state index contributed by atoms with van der Waals surface area (Å²) < 4.78 is 1.88. The van der Waals surface area contributed by atoms with E-state index in [0.29, 0.717) is 24.2 Å². The van der Waals surface area contributed by atoms with Crippen molar-refractivity contribution in [1.29, 1.82) is 0 Å². The summed E-state index contributed by atoms with van der Waals surface area (Å²) in [5.41, 5.74) is 5.96. The van der Waals surface area contributed by atoms with E-state index in [1.807, 2.05) is 54.2 Å². The van der Waals surface area contributed by atoms with Crippen LogP contribution in [0.3, 0.4) is 0 Å². The van der Waals surface area contributed by atoms with Crippen LogP contribution in [0.15, 0.2) is 85.2 Å². The van der Waals surface area contributed by atoms with Gasteiger partial charge in [0.1, 0.15) is 0 Å². The average molecular weight is 479 g/mol. The van der Waals surface area contributed by atoms with E-state index in [2.05, 4.69) is 34.7 Å². The Labute approximate surface area is 209 Å². The number of hydrogen-bond donors (Lipinski definition) is 1. The van der Waals surface area contributed by atoms with Crippen LogP contribution in [0.4, 0.5) is 0 Å². The van der Waals surface area contributed by atoms with Gasteiger partial charge in [-0.3, -0.25) is 24.0 Å². The normalized spacial score (nSPS) is 12.6. The van der Waals surface area contributed by atoms with Gasteiger partial charge in [-0.15, -0.1) is 0 Å². The molecular weight excluding hydrogens is 452 g/mol. The molecule has 1 N–H and O–H groups in total. The number of carbonyl (C=O) groups excluding carboxylic acids is 3. The van der Waals surface area contributed by atoms with Gasteiger partial charge in [-0.05, 0) is 47.4 Å². The third-order valence-electron chi connectivity index (χ3n) is 6.35. The highest BCUT2D eigenvalue weighted by molar-refractivity contribution is 6.21. The number of rotatable bonds is 8. The van der Waals surface area contributed by atoms with E-state index in [9.17, 15) is 14.4 Å². The predicted octanol–water partition coefficient (Wildman–Crippen LogP) is 4.21. The Kier molecular flexibility index (Phi) is 6.45. The molecule has 5 rings (SSSR count). The van der Waals surface area contributed by atoms with Crippen LogP contribution in [-0.2, 0) is 17.9 Å². The summed E-state index contributed by atoms with van der Waals surface area (Å²) in [6.07, 6.45) is 3.75. The van der Waals surface area contributed by atoms with Crippen LogP contribution in [0.5, 0.6) is 0 Å². The lowest BCUT2D eigenvalue weighted by molar-refractivity contribution is -0.121. The largest absolute Gasteiger partial charge is 0.352 e. The Morgan fingerprint density at radius 1 is 0.889 bits per heavy atom. The highest BCUT2D eigenvalue weighted by Crippen LogP contribution is 2.25. The lowest BCUT2D eigenvalue weighted by atomic mass is 9.98. The highest BCUT2D eigenvalue weighted by Gasteiger charge is 2.35. The Morgan fingerprint density at radius 3 is 2.44 bits per heavy atom. The van der Waals surface area contributed by atoms with Gasteiger partial charge in [0.2, 0.25) is 5.91 Å². The molecule has 7 heteroatoms. The summed E-state index contributed by atoms with van der Waals surface area (Å²) in [6, 6.07) is 23.3. The van der Waals surface area contributed by atoms with Crippen LogP contribution in [0.25, 0.3) is 11.1 Å². The number of aryl methyl sites for hydroxylation is 1. The van der Waals surface area contributed by atoms with Gasteiger partial charge in [-0.1, -0.05) is 60.2 Å². The van der Waals surface area contributed by atoms with E-state index in [4.69, 9.17) is 0 Å². The van der Waals surface area contributed by atoms with Crippen molar-refractivity contribution in [2.24, 2.45) is 0 Å². The summed E-state index contributed by atoms with van der Waals surface area (Å²) in [6.45, 7) is 2.99. The number of hydrogen-bond acceptors (Lipinski definition) is 4. The molecule has 7 nitrogen and oxygen atoms in total. The van der Waals surface area contributed by atoms with Crippen LogP contribution in [0.1, 0.15) is 43.8 Å². The van der Waals surface area contributed by atoms with Crippen molar-refractivity contribution in [2.45, 2.75) is 26.4 Å². The van der Waals surface area contributed by atoms with Crippen molar-refractivity contribution in [3.63, 3.8) is 0 Å². The molecule has 3 aromatic carbocycles. The van der Waals surface area contributed by atoms with E-state index >= 15 is 0 Å². The molecule has 1 aliphatic heterocycles. The Bertz CT molecular complexity index is 1430. The molecule has 0 fully saturated rings. The molecule has 1 aliphatic rings. The maximum absolute atomic E-state index is 12.6. The predicted molar refractivity (Wildman–Crippen MR) is 136 cm³/mol. The smallest absolute Gasteiger partial charge is 0.261 e. The molecule has 0 spiro atoms. The van der Waals surface area contributed by atoms with Crippen molar-refractivity contribution in [1.82, 2.24) is 20.0 Å². The molecule has 36 heavy (non-hydrogen) atoms. The number of imide groups is 1. The van der Waals surface area contributed by atoms with Gasteiger partial charge >= 0.3 is 0 Å². The molecule has 3 amide bonds. The molecular formula is C29H26N4O3. The molecule has 0 saturated heterocycles. The molecule has 0 atom stereocenters. The lowest BCUT2D eigenvalue weighted by Crippen LogP contribution is -2.34. The molecule has 0 radical (unpaired) electrons. The zero-order chi connectivity index (χ0) is 25.1. The molecule has 0 aliphatic carbocycles. The van der Waals surface area contributed by atoms with E-state index in [1.165, 1.54) is 0 Å². The molecule has 4 aromatic rings. The van der Waals surface area contributed by atoms with E-state index in [1.54, 1.807) is 18.3 Å². The van der Waals surface area contributed by atoms with E-state index in [0.717, 1.165) is 32.7 Å². The Balaban J connectivity index is 1.19. The summed E-state index contributed by atoms with van der Waals surface area (Å²) in [7, 11) is 0. The number of aromatic nitrogens is 2. The minimum atomic E-state index is -0.343. The van der Waals surface area contributed by atoms with Crippen LogP contribution in [0.2, 0.25) is 0 Å². The Morgan fingerprint density at radius 2 is 1.67 bits per heavy atom. The molecule has 0 saturated carbocycles. The first-order valence-corrected chi connectivity index (χ1v) is 11.9. The third-order valence-corrected chi connectivity index (χ3v) is 6.35. The highest BCUT2D eigenvalue weighted by atomic mass is 16.2. The fourth-order valence-electron chi connectivity index (χ4n) is 4.43. The second kappa shape index (κ2) is 10.00. The first-order chi connectivity index (χ1) is 17.5. The van der Waals surface area contributed by atoms with Crippen LogP contribution >= 0.6 is 0 Å². The average Bonchev–Trinajstić information content (AvgIpc) is 3.48. The maximum atomic E-state index is 12.6. The summed E-state index contributed by atoms with van der Waals surface area (Å²) in [5, 5.41) is 7.18. The number of carbonyl (C=O) groups is 3. The van der Waals surface area contributed by atoms with Crippen molar-refractivity contribution in [3.8, 4) is 11.1 Å². The van der Waals surface area contributed by atoms with Gasteiger partial charge in [0.15, 0.2) is 0 Å². The van der Waals surface area contributed by atoms with Crippen molar-refractivity contribution in [2.75, 3.05) is 6.54 Å². The number of nitrogens with one attached hydrogen (secondary N) is 1. The molecule has 0 unspecified atom stereocenters. The minimum absolute atomic E-state index is 0.0503. The van der Waals surface area contributed by atoms with Crippen LogP contribution in [-0.4, -0.2) is 38.9 Å². The number of amides is 3. The number of benzene rings is 3. The molecule has 0 bridgehead atoms. The molecule has 1 aromatic heterocycles. The van der Waals surface area contributed by atoms with Crippen molar-refractivity contribution >= 4 is 17.7 Å². The SMILES string of the molecule is Cc1ccc2c(c1)C(=O)N(CCC(=O)NCc1ccccc1-c1ccc(Cn3cccn3)cc1)C2=O. The Hall–Kier alpha value is -4.52. The zero-order valence-corrected chi connectivity index (χ0v) is 20.0. The first kappa shape index (κ1) is 23.2. The molecule has 2 heterocycles. The summed E-state index contributed by atoms with van der Waals surface area (Å²) in [4.78, 5) is 39.0. The summed E-state index contributed by atoms with van der Waals surface area (Å²) in [5.74, 6) is -0.899. The van der Waals surface area contributed by atoms with E-state index < -0.39 is 0 Å². The third kappa shape index (κ3) is 4.81. The summed E-state index contributed by atoms with van der Waals surface area (Å²) >= 11 is 0. The fourth-order valence-corrected chi connectivity index (χ4v) is 4.43. The lowest BCUT2D eigenvalue weighted by Gasteiger charge is -2.14. The monoisotopic (exact) mass is 478 g/mol. The maximum Gasteiger partial charge on any atom is 0.261 e. The van der Waals surface area contributed by atoms with E-state index in [-0.39, 0.29) is 30.7 Å². The number of fused-ring (bicyclic) bond motifs is 1. The van der Waals surface area contributed by atoms with Gasteiger partial charge in [-0.25, -0.2) is 0 Å². The van der Waals surface area contributed by atoms with Gasteiger partial charge in [0, 0.05) is 31.9 Å². The topological polar surface area (TPSA) is 84.3 Å². The first-order valence-electron chi connectivity index (χ1n) is 11.9. The number of nitrogens with zero attached hydrogens (tertiary/aromatic N) is 3. The van der Waals surface area contributed by atoms with Gasteiger partial charge in [-0.2, -0.15) is 5.10 Å². The van der Waals surface area contributed by atoms with Gasteiger partial charge < -0.3 is 5.32 Å². The van der Waals surface area contributed by atoms with Gasteiger partial charge in [0.25, 0.3) is 11.8 Å². The van der Waals surface area contributed by atoms with Crippen molar-refractivity contribution in [3.05, 3.63) is 113 Å². The quantitative estimate of drug-likeness (QED) is 0.385. The second-order valence-corrected chi connectivity index (χ2v) is 8.90. The zero-order valence-electron chi connectivity index (χ0n) is 20.0. The van der Waals surface area contributed by atoms with Crippen LogP contribution < -0.4 is 5.32 Å². The van der Waals surface area contributed by atoms with Gasteiger partial charge in [0.05, 0.1) is 17.7 Å².